The van der Waals surface area contributed by atoms with Gasteiger partial charge in [0.2, 0.25) is 5.91 Å². The Morgan fingerprint density at radius 3 is 2.67 bits per heavy atom. The largest absolute Gasteiger partial charge is 0.504 e. The van der Waals surface area contributed by atoms with Gasteiger partial charge in [-0.2, -0.15) is 0 Å². The van der Waals surface area contributed by atoms with Crippen LogP contribution in [0.15, 0.2) is 24.5 Å². The van der Waals surface area contributed by atoms with Gasteiger partial charge in [0.25, 0.3) is 0 Å². The molecule has 0 aliphatic rings. The molecule has 0 bridgehead atoms. The molecule has 0 radical (unpaired) electrons. The van der Waals surface area contributed by atoms with Crippen LogP contribution in [-0.4, -0.2) is 13.0 Å². The average molecular weight is 127 g/mol. The number of ether oxygens (including phenoxy) is 1. The molecule has 0 aromatic heterocycles. The summed E-state index contributed by atoms with van der Waals surface area (Å²) in [5.41, 5.74) is 5.06. The number of hydrogen-bond donors (Lipinski definition) is 1. The minimum atomic E-state index is -0.539. The normalized spacial score (nSPS) is 9.44. The molecule has 0 aliphatic carbocycles. The van der Waals surface area contributed by atoms with Gasteiger partial charge >= 0.3 is 0 Å². The molecule has 9 heavy (non-hydrogen) atoms. The summed E-state index contributed by atoms with van der Waals surface area (Å²) in [7, 11) is 1.48. The number of carbonyl (C=O) groups excluding carboxylic acids is 1. The van der Waals surface area contributed by atoms with Crippen molar-refractivity contribution in [1.82, 2.24) is 0 Å². The summed E-state index contributed by atoms with van der Waals surface area (Å²) >= 11 is 0. The van der Waals surface area contributed by atoms with Crippen molar-refractivity contribution in [2.45, 2.75) is 0 Å². The first-order valence-electron chi connectivity index (χ1n) is 2.36. The van der Waals surface area contributed by atoms with Gasteiger partial charge in [-0.15, -0.1) is 0 Å². The highest BCUT2D eigenvalue weighted by Crippen LogP contribution is 1.89. The van der Waals surface area contributed by atoms with Crippen molar-refractivity contribution in [3.63, 3.8) is 0 Å². The molecule has 50 valence electrons. The number of carbonyl (C=O) groups is 1. The fourth-order valence-corrected chi connectivity index (χ4v) is 0.232. The lowest BCUT2D eigenvalue weighted by Crippen LogP contribution is -2.11. The first kappa shape index (κ1) is 7.75. The summed E-state index contributed by atoms with van der Waals surface area (Å²) < 4.78 is 4.51. The molecule has 0 heterocycles. The van der Waals surface area contributed by atoms with E-state index in [1.807, 2.05) is 0 Å². The van der Waals surface area contributed by atoms with Crippen molar-refractivity contribution in [3.8, 4) is 0 Å². The Balaban J connectivity index is 3.77. The number of rotatable bonds is 3. The van der Waals surface area contributed by atoms with E-state index in [-0.39, 0.29) is 5.57 Å². The molecule has 1 amide bonds. The van der Waals surface area contributed by atoms with Crippen molar-refractivity contribution >= 4 is 5.91 Å². The van der Waals surface area contributed by atoms with Crippen LogP contribution in [0, 0.1) is 0 Å². The first-order chi connectivity index (χ1) is 4.18. The molecule has 0 aromatic rings. The van der Waals surface area contributed by atoms with Crippen molar-refractivity contribution in [1.29, 1.82) is 0 Å². The highest BCUT2D eigenvalue weighted by atomic mass is 16.5. The summed E-state index contributed by atoms with van der Waals surface area (Å²) in [6.45, 7) is 3.35. The Kier molecular flexibility index (Phi) is 3.20. The Hall–Kier alpha value is -1.25. The fourth-order valence-electron chi connectivity index (χ4n) is 0.232. The Morgan fingerprint density at radius 2 is 2.33 bits per heavy atom. The Bertz CT molecular complexity index is 149. The predicted molar refractivity (Wildman–Crippen MR) is 34.5 cm³/mol. The minimum Gasteiger partial charge on any atom is -0.504 e. The molecule has 0 aromatic carbocycles. The van der Waals surface area contributed by atoms with Crippen LogP contribution in [0.3, 0.4) is 0 Å². The van der Waals surface area contributed by atoms with Gasteiger partial charge < -0.3 is 10.5 Å². The van der Waals surface area contributed by atoms with Crippen LogP contribution in [0.4, 0.5) is 0 Å². The zero-order valence-electron chi connectivity index (χ0n) is 5.26. The van der Waals surface area contributed by atoms with E-state index < -0.39 is 5.91 Å². The molecule has 3 heteroatoms. The number of primary amides is 1. The zero-order chi connectivity index (χ0) is 7.28. The summed E-state index contributed by atoms with van der Waals surface area (Å²) in [5.74, 6) is -0.539. The van der Waals surface area contributed by atoms with Crippen molar-refractivity contribution in [3.05, 3.63) is 24.5 Å². The first-order valence-corrected chi connectivity index (χ1v) is 2.36. The van der Waals surface area contributed by atoms with Gasteiger partial charge in [0.15, 0.2) is 0 Å². The summed E-state index contributed by atoms with van der Waals surface area (Å²) in [4.78, 5) is 10.2. The van der Waals surface area contributed by atoms with E-state index in [1.54, 1.807) is 0 Å². The quantitative estimate of drug-likeness (QED) is 0.334. The van der Waals surface area contributed by atoms with E-state index in [0.717, 1.165) is 0 Å². The van der Waals surface area contributed by atoms with Crippen LogP contribution >= 0.6 is 0 Å². The van der Waals surface area contributed by atoms with Gasteiger partial charge in [-0.25, -0.2) is 0 Å². The fraction of sp³-hybridized carbons (Fsp3) is 0.167. The molecular weight excluding hydrogens is 118 g/mol. The number of hydrogen-bond acceptors (Lipinski definition) is 2. The monoisotopic (exact) mass is 127 g/mol. The summed E-state index contributed by atoms with van der Waals surface area (Å²) in [6.07, 6.45) is 2.75. The second kappa shape index (κ2) is 3.72. The van der Waals surface area contributed by atoms with E-state index in [9.17, 15) is 4.79 Å². The maximum absolute atomic E-state index is 10.2. The molecular formula is C6H9NO2. The molecule has 0 atom stereocenters. The second-order valence-corrected chi connectivity index (χ2v) is 1.43. The van der Waals surface area contributed by atoms with Crippen LogP contribution in [0.5, 0.6) is 0 Å². The van der Waals surface area contributed by atoms with Gasteiger partial charge in [0.1, 0.15) is 0 Å². The molecule has 0 aliphatic heterocycles. The molecule has 0 saturated heterocycles. The molecule has 0 spiro atoms. The van der Waals surface area contributed by atoms with Gasteiger partial charge in [0.05, 0.1) is 13.4 Å². The van der Waals surface area contributed by atoms with E-state index in [0.29, 0.717) is 0 Å². The molecule has 3 nitrogen and oxygen atoms in total. The topological polar surface area (TPSA) is 52.3 Å². The number of nitrogens with two attached hydrogens (primary N) is 1. The van der Waals surface area contributed by atoms with Crippen LogP contribution in [0.1, 0.15) is 0 Å². The maximum atomic E-state index is 10.2. The molecule has 0 rings (SSSR count). The van der Waals surface area contributed by atoms with E-state index in [1.165, 1.54) is 19.4 Å². The lowest BCUT2D eigenvalue weighted by Gasteiger charge is -1.89. The van der Waals surface area contributed by atoms with Crippen molar-refractivity contribution in [2.24, 2.45) is 5.73 Å². The van der Waals surface area contributed by atoms with Crippen LogP contribution in [0.2, 0.25) is 0 Å². The van der Waals surface area contributed by atoms with E-state index >= 15 is 0 Å². The van der Waals surface area contributed by atoms with E-state index in [4.69, 9.17) is 5.73 Å². The predicted octanol–water partition coefficient (Wildman–Crippen LogP) is 0.188. The SMILES string of the molecule is C=C(C=COC)C(N)=O. The van der Waals surface area contributed by atoms with Crippen LogP contribution < -0.4 is 5.73 Å². The Labute approximate surface area is 53.8 Å². The van der Waals surface area contributed by atoms with Gasteiger partial charge in [0, 0.05) is 5.57 Å². The third-order valence-corrected chi connectivity index (χ3v) is 0.722. The highest BCUT2D eigenvalue weighted by molar-refractivity contribution is 5.93. The smallest absolute Gasteiger partial charge is 0.248 e. The van der Waals surface area contributed by atoms with Crippen molar-refractivity contribution < 1.29 is 9.53 Å². The number of amides is 1. The zero-order valence-corrected chi connectivity index (χ0v) is 5.26. The van der Waals surface area contributed by atoms with E-state index in [2.05, 4.69) is 11.3 Å². The molecule has 0 unspecified atom stereocenters. The summed E-state index contributed by atoms with van der Waals surface area (Å²) in [6, 6.07) is 0. The number of methoxy groups -OCH3 is 1. The summed E-state index contributed by atoms with van der Waals surface area (Å²) in [5, 5.41) is 0. The third kappa shape index (κ3) is 3.34. The maximum Gasteiger partial charge on any atom is 0.248 e. The van der Waals surface area contributed by atoms with Crippen LogP contribution in [0.25, 0.3) is 0 Å². The Morgan fingerprint density at radius 1 is 1.78 bits per heavy atom. The second-order valence-electron chi connectivity index (χ2n) is 1.43. The lowest BCUT2D eigenvalue weighted by atomic mass is 10.3. The highest BCUT2D eigenvalue weighted by Gasteiger charge is 1.92. The lowest BCUT2D eigenvalue weighted by molar-refractivity contribution is -0.114. The molecule has 0 fully saturated rings. The van der Waals surface area contributed by atoms with Crippen LogP contribution in [-0.2, 0) is 9.53 Å². The van der Waals surface area contributed by atoms with Crippen molar-refractivity contribution in [2.75, 3.05) is 7.11 Å². The standard InChI is InChI=1S/C6H9NO2/c1-5(6(7)8)3-4-9-2/h3-4H,1H2,2H3,(H2,7,8). The molecule has 2 N–H and O–H groups in total. The average Bonchev–Trinajstić information content (AvgIpc) is 1.82. The van der Waals surface area contributed by atoms with Gasteiger partial charge in [-0.3, -0.25) is 4.79 Å². The minimum absolute atomic E-state index is 0.233. The third-order valence-electron chi connectivity index (χ3n) is 0.722. The molecule has 0 saturated carbocycles. The van der Waals surface area contributed by atoms with Gasteiger partial charge in [-0.1, -0.05) is 6.58 Å². The van der Waals surface area contributed by atoms with Gasteiger partial charge in [-0.05, 0) is 6.08 Å².